The van der Waals surface area contributed by atoms with Crippen LogP contribution in [-0.4, -0.2) is 0 Å². The number of hydrogen-bond donors (Lipinski definition) is 1. The predicted octanol–water partition coefficient (Wildman–Crippen LogP) is 4.09. The molecule has 0 aliphatic heterocycles. The maximum absolute atomic E-state index is 5.98. The van der Waals surface area contributed by atoms with E-state index < -0.39 is 0 Å². The highest BCUT2D eigenvalue weighted by molar-refractivity contribution is 5.88. The van der Waals surface area contributed by atoms with E-state index in [0.29, 0.717) is 6.54 Å². The predicted molar refractivity (Wildman–Crippen MR) is 78.4 cm³/mol. The molecule has 2 heteroatoms. The zero-order chi connectivity index (χ0) is 13.1. The van der Waals surface area contributed by atoms with Crippen molar-refractivity contribution in [1.29, 1.82) is 0 Å². The van der Waals surface area contributed by atoms with Crippen molar-refractivity contribution in [3.8, 4) is 11.5 Å². The molecule has 0 spiro atoms. The van der Waals surface area contributed by atoms with Gasteiger partial charge in [-0.1, -0.05) is 48.5 Å². The average Bonchev–Trinajstić information content (AvgIpc) is 2.48. The van der Waals surface area contributed by atoms with Gasteiger partial charge in [0.1, 0.15) is 11.5 Å². The largest absolute Gasteiger partial charge is 0.457 e. The fourth-order valence-corrected chi connectivity index (χ4v) is 2.15. The van der Waals surface area contributed by atoms with Gasteiger partial charge >= 0.3 is 0 Å². The average molecular weight is 249 g/mol. The van der Waals surface area contributed by atoms with Gasteiger partial charge in [0.2, 0.25) is 0 Å². The first-order chi connectivity index (χ1) is 9.36. The molecule has 2 N–H and O–H groups in total. The second-order valence-corrected chi connectivity index (χ2v) is 4.43. The molecule has 0 radical (unpaired) electrons. The van der Waals surface area contributed by atoms with E-state index in [1.54, 1.807) is 0 Å². The summed E-state index contributed by atoms with van der Waals surface area (Å²) in [6.07, 6.45) is 0. The molecular weight excluding hydrogens is 234 g/mol. The van der Waals surface area contributed by atoms with Gasteiger partial charge < -0.3 is 10.5 Å². The Morgan fingerprint density at radius 3 is 2.53 bits per heavy atom. The molecule has 0 unspecified atom stereocenters. The Hall–Kier alpha value is -2.32. The first-order valence-electron chi connectivity index (χ1n) is 6.31. The zero-order valence-corrected chi connectivity index (χ0v) is 10.5. The van der Waals surface area contributed by atoms with Crippen LogP contribution in [0.15, 0.2) is 66.7 Å². The zero-order valence-electron chi connectivity index (χ0n) is 10.5. The maximum atomic E-state index is 5.98. The van der Waals surface area contributed by atoms with Crippen LogP contribution in [0, 0.1) is 0 Å². The van der Waals surface area contributed by atoms with E-state index in [1.165, 1.54) is 5.39 Å². The van der Waals surface area contributed by atoms with Crippen LogP contribution in [0.2, 0.25) is 0 Å². The summed E-state index contributed by atoms with van der Waals surface area (Å²) in [7, 11) is 0. The van der Waals surface area contributed by atoms with Gasteiger partial charge in [-0.05, 0) is 29.1 Å². The highest BCUT2D eigenvalue weighted by Crippen LogP contribution is 2.29. The van der Waals surface area contributed by atoms with E-state index >= 15 is 0 Å². The molecular formula is C17H15NO. The summed E-state index contributed by atoms with van der Waals surface area (Å²) in [5.74, 6) is 1.69. The molecule has 0 aliphatic carbocycles. The highest BCUT2D eigenvalue weighted by atomic mass is 16.5. The minimum atomic E-state index is 0.521. The summed E-state index contributed by atoms with van der Waals surface area (Å²) >= 11 is 0. The Labute approximate surface area is 112 Å². The van der Waals surface area contributed by atoms with Crippen LogP contribution in [-0.2, 0) is 6.54 Å². The second-order valence-electron chi connectivity index (χ2n) is 4.43. The van der Waals surface area contributed by atoms with E-state index in [-0.39, 0.29) is 0 Å². The lowest BCUT2D eigenvalue weighted by Gasteiger charge is -2.09. The van der Waals surface area contributed by atoms with Crippen LogP contribution in [0.3, 0.4) is 0 Å². The first kappa shape index (κ1) is 11.8. The first-order valence-corrected chi connectivity index (χ1v) is 6.31. The Morgan fingerprint density at radius 2 is 1.63 bits per heavy atom. The summed E-state index contributed by atoms with van der Waals surface area (Å²) in [6, 6.07) is 22.1. The molecule has 0 heterocycles. The van der Waals surface area contributed by atoms with Crippen molar-refractivity contribution >= 4 is 10.8 Å². The quantitative estimate of drug-likeness (QED) is 0.758. The molecule has 0 saturated carbocycles. The monoisotopic (exact) mass is 249 g/mol. The second kappa shape index (κ2) is 5.12. The Balaban J connectivity index is 2.01. The third-order valence-electron chi connectivity index (χ3n) is 3.11. The van der Waals surface area contributed by atoms with Crippen molar-refractivity contribution in [1.82, 2.24) is 0 Å². The smallest absolute Gasteiger partial charge is 0.135 e. The number of benzene rings is 3. The van der Waals surface area contributed by atoms with Crippen LogP contribution >= 0.6 is 0 Å². The van der Waals surface area contributed by atoms with E-state index in [2.05, 4.69) is 18.2 Å². The number of hydrogen-bond acceptors (Lipinski definition) is 2. The fraction of sp³-hybridized carbons (Fsp3) is 0.0588. The minimum Gasteiger partial charge on any atom is -0.457 e. The van der Waals surface area contributed by atoms with Crippen LogP contribution < -0.4 is 10.5 Å². The van der Waals surface area contributed by atoms with Crippen molar-refractivity contribution in [3.05, 3.63) is 72.3 Å². The summed E-state index contributed by atoms with van der Waals surface area (Å²) in [4.78, 5) is 0. The number of fused-ring (bicyclic) bond motifs is 1. The van der Waals surface area contributed by atoms with Crippen molar-refractivity contribution < 1.29 is 4.74 Å². The minimum absolute atomic E-state index is 0.521. The van der Waals surface area contributed by atoms with Crippen molar-refractivity contribution in [2.45, 2.75) is 6.54 Å². The number of ether oxygens (including phenoxy) is 1. The van der Waals surface area contributed by atoms with E-state index in [1.807, 2.05) is 48.5 Å². The SMILES string of the molecule is NCc1cccc(Oc2cccc3ccccc23)c1. The number of nitrogens with two attached hydrogens (primary N) is 1. The van der Waals surface area contributed by atoms with Crippen molar-refractivity contribution in [2.75, 3.05) is 0 Å². The molecule has 3 aromatic carbocycles. The summed E-state index contributed by atoms with van der Waals surface area (Å²) < 4.78 is 5.98. The van der Waals surface area contributed by atoms with E-state index in [0.717, 1.165) is 22.4 Å². The Bertz CT molecular complexity index is 701. The lowest BCUT2D eigenvalue weighted by atomic mass is 10.1. The van der Waals surface area contributed by atoms with Crippen molar-refractivity contribution in [2.24, 2.45) is 5.73 Å². The van der Waals surface area contributed by atoms with Gasteiger partial charge in [-0.25, -0.2) is 0 Å². The molecule has 0 amide bonds. The number of rotatable bonds is 3. The topological polar surface area (TPSA) is 35.2 Å². The summed E-state index contributed by atoms with van der Waals surface area (Å²) in [5, 5.41) is 2.29. The van der Waals surface area contributed by atoms with Gasteiger partial charge in [0.15, 0.2) is 0 Å². The molecule has 0 bridgehead atoms. The molecule has 0 saturated heterocycles. The third-order valence-corrected chi connectivity index (χ3v) is 3.11. The molecule has 0 aromatic heterocycles. The normalized spacial score (nSPS) is 10.6. The summed E-state index contributed by atoms with van der Waals surface area (Å²) in [6.45, 7) is 0.521. The van der Waals surface area contributed by atoms with Gasteiger partial charge in [-0.3, -0.25) is 0 Å². The van der Waals surface area contributed by atoms with E-state index in [4.69, 9.17) is 10.5 Å². The third kappa shape index (κ3) is 2.44. The Kier molecular flexibility index (Phi) is 3.17. The molecule has 2 nitrogen and oxygen atoms in total. The molecule has 19 heavy (non-hydrogen) atoms. The Morgan fingerprint density at radius 1 is 0.842 bits per heavy atom. The van der Waals surface area contributed by atoms with Crippen LogP contribution in [0.25, 0.3) is 10.8 Å². The van der Waals surface area contributed by atoms with Gasteiger partial charge in [0.05, 0.1) is 0 Å². The van der Waals surface area contributed by atoms with Gasteiger partial charge in [0, 0.05) is 11.9 Å². The molecule has 0 atom stereocenters. The molecule has 94 valence electrons. The maximum Gasteiger partial charge on any atom is 0.135 e. The molecule has 3 aromatic rings. The van der Waals surface area contributed by atoms with Gasteiger partial charge in [-0.15, -0.1) is 0 Å². The van der Waals surface area contributed by atoms with E-state index in [9.17, 15) is 0 Å². The van der Waals surface area contributed by atoms with Crippen LogP contribution in [0.1, 0.15) is 5.56 Å². The molecule has 0 fully saturated rings. The van der Waals surface area contributed by atoms with Crippen LogP contribution in [0.5, 0.6) is 11.5 Å². The lowest BCUT2D eigenvalue weighted by Crippen LogP contribution is -1.96. The molecule has 3 rings (SSSR count). The van der Waals surface area contributed by atoms with Crippen molar-refractivity contribution in [3.63, 3.8) is 0 Å². The van der Waals surface area contributed by atoms with Gasteiger partial charge in [-0.2, -0.15) is 0 Å². The lowest BCUT2D eigenvalue weighted by molar-refractivity contribution is 0.487. The van der Waals surface area contributed by atoms with Gasteiger partial charge in [0.25, 0.3) is 0 Å². The van der Waals surface area contributed by atoms with Crippen LogP contribution in [0.4, 0.5) is 0 Å². The standard InChI is InChI=1S/C17H15NO/c18-12-13-5-3-8-15(11-13)19-17-10-4-7-14-6-1-2-9-16(14)17/h1-11H,12,18H2. The molecule has 0 aliphatic rings. The highest BCUT2D eigenvalue weighted by Gasteiger charge is 2.03. The summed E-state index contributed by atoms with van der Waals surface area (Å²) in [5.41, 5.74) is 6.71. The fourth-order valence-electron chi connectivity index (χ4n) is 2.15.